The molecule has 1 N–H and O–H groups in total. The molecule has 4 nitrogen and oxygen atoms in total. The molecule has 144 valence electrons. The van der Waals surface area contributed by atoms with Gasteiger partial charge in [0.05, 0.1) is 5.69 Å². The Hall–Kier alpha value is -2.56. The number of para-hydroxylation sites is 1. The average Bonchev–Trinajstić information content (AvgIpc) is 3.22. The molecule has 0 spiro atoms. The van der Waals surface area contributed by atoms with Gasteiger partial charge in [0.15, 0.2) is 0 Å². The Kier molecular flexibility index (Phi) is 6.32. The summed E-state index contributed by atoms with van der Waals surface area (Å²) >= 11 is 0. The molecule has 3 rings (SSSR count). The van der Waals surface area contributed by atoms with Gasteiger partial charge in [-0.3, -0.25) is 4.79 Å². The highest BCUT2D eigenvalue weighted by atomic mass is 19.1. The second kappa shape index (κ2) is 8.89. The first-order valence-electron chi connectivity index (χ1n) is 9.83. The summed E-state index contributed by atoms with van der Waals surface area (Å²) in [6.45, 7) is 7.96. The SMILES string of the molecule is CCCN(CC)c1ccc(C(=O)Nc2c(F)cccc2N2CCCC2)cc1. The zero-order valence-electron chi connectivity index (χ0n) is 16.2. The van der Waals surface area contributed by atoms with Crippen molar-refractivity contribution in [2.75, 3.05) is 41.3 Å². The van der Waals surface area contributed by atoms with Crippen molar-refractivity contribution in [1.29, 1.82) is 0 Å². The van der Waals surface area contributed by atoms with Gasteiger partial charge in [0.1, 0.15) is 11.5 Å². The third-order valence-corrected chi connectivity index (χ3v) is 5.05. The summed E-state index contributed by atoms with van der Waals surface area (Å²) in [4.78, 5) is 17.1. The molecule has 2 aromatic rings. The average molecular weight is 369 g/mol. The van der Waals surface area contributed by atoms with Crippen molar-refractivity contribution in [3.8, 4) is 0 Å². The predicted molar refractivity (Wildman–Crippen MR) is 110 cm³/mol. The van der Waals surface area contributed by atoms with Gasteiger partial charge >= 0.3 is 0 Å². The Labute approximate surface area is 161 Å². The molecule has 1 fully saturated rings. The van der Waals surface area contributed by atoms with E-state index in [9.17, 15) is 9.18 Å². The number of halogens is 1. The molecular weight excluding hydrogens is 341 g/mol. The third-order valence-electron chi connectivity index (χ3n) is 5.05. The van der Waals surface area contributed by atoms with Gasteiger partial charge in [0.2, 0.25) is 0 Å². The Morgan fingerprint density at radius 2 is 1.81 bits per heavy atom. The molecule has 2 aromatic carbocycles. The summed E-state index contributed by atoms with van der Waals surface area (Å²) in [5, 5.41) is 2.79. The minimum atomic E-state index is -0.399. The number of carbonyl (C=O) groups excluding carboxylic acids is 1. The van der Waals surface area contributed by atoms with Gasteiger partial charge in [0, 0.05) is 37.4 Å². The lowest BCUT2D eigenvalue weighted by Crippen LogP contribution is -2.23. The molecule has 0 aromatic heterocycles. The lowest BCUT2D eigenvalue weighted by molar-refractivity contribution is 0.102. The number of amides is 1. The maximum absolute atomic E-state index is 14.4. The van der Waals surface area contributed by atoms with Gasteiger partial charge in [-0.2, -0.15) is 0 Å². The summed E-state index contributed by atoms with van der Waals surface area (Å²) in [6.07, 6.45) is 3.26. The minimum Gasteiger partial charge on any atom is -0.372 e. The van der Waals surface area contributed by atoms with Crippen LogP contribution in [0.3, 0.4) is 0 Å². The van der Waals surface area contributed by atoms with Crippen molar-refractivity contribution >= 4 is 23.0 Å². The monoisotopic (exact) mass is 369 g/mol. The number of hydrogen-bond donors (Lipinski definition) is 1. The van der Waals surface area contributed by atoms with Crippen molar-refractivity contribution in [1.82, 2.24) is 0 Å². The summed E-state index contributed by atoms with van der Waals surface area (Å²) in [5.41, 5.74) is 2.66. The van der Waals surface area contributed by atoms with Crippen LogP contribution in [0.1, 0.15) is 43.5 Å². The molecule has 1 heterocycles. The molecule has 0 bridgehead atoms. The zero-order chi connectivity index (χ0) is 19.2. The number of nitrogens with zero attached hydrogens (tertiary/aromatic N) is 2. The molecule has 1 saturated heterocycles. The number of benzene rings is 2. The molecular formula is C22H28FN3O. The Balaban J connectivity index is 1.78. The molecule has 0 radical (unpaired) electrons. The van der Waals surface area contributed by atoms with E-state index in [0.717, 1.165) is 56.8 Å². The maximum atomic E-state index is 14.4. The van der Waals surface area contributed by atoms with E-state index in [-0.39, 0.29) is 11.6 Å². The normalized spacial score (nSPS) is 13.7. The van der Waals surface area contributed by atoms with Crippen LogP contribution in [0.4, 0.5) is 21.5 Å². The van der Waals surface area contributed by atoms with Gasteiger partial charge in [-0.25, -0.2) is 4.39 Å². The van der Waals surface area contributed by atoms with Crippen LogP contribution in [0.5, 0.6) is 0 Å². The second-order valence-electron chi connectivity index (χ2n) is 6.91. The predicted octanol–water partition coefficient (Wildman–Crippen LogP) is 4.91. The zero-order valence-corrected chi connectivity index (χ0v) is 16.2. The number of carbonyl (C=O) groups is 1. The lowest BCUT2D eigenvalue weighted by atomic mass is 10.1. The standard InChI is InChI=1S/C22H28FN3O/c1-3-14-25(4-2)18-12-10-17(11-13-18)22(27)24-21-19(23)8-7-9-20(21)26-15-5-6-16-26/h7-13H,3-6,14-16H2,1-2H3,(H,24,27). The van der Waals surface area contributed by atoms with E-state index < -0.39 is 5.82 Å². The molecule has 0 saturated carbocycles. The van der Waals surface area contributed by atoms with E-state index in [1.54, 1.807) is 18.2 Å². The smallest absolute Gasteiger partial charge is 0.255 e. The van der Waals surface area contributed by atoms with E-state index in [0.29, 0.717) is 5.56 Å². The highest BCUT2D eigenvalue weighted by Crippen LogP contribution is 2.31. The summed E-state index contributed by atoms with van der Waals surface area (Å²) < 4.78 is 14.4. The number of anilines is 3. The number of hydrogen-bond acceptors (Lipinski definition) is 3. The fourth-order valence-electron chi connectivity index (χ4n) is 3.61. The topological polar surface area (TPSA) is 35.6 Å². The first-order valence-corrected chi connectivity index (χ1v) is 9.83. The second-order valence-corrected chi connectivity index (χ2v) is 6.91. The number of rotatable bonds is 7. The largest absolute Gasteiger partial charge is 0.372 e. The molecule has 5 heteroatoms. The molecule has 27 heavy (non-hydrogen) atoms. The fraction of sp³-hybridized carbons (Fsp3) is 0.409. The van der Waals surface area contributed by atoms with E-state index in [1.165, 1.54) is 6.07 Å². The van der Waals surface area contributed by atoms with E-state index in [2.05, 4.69) is 29.0 Å². The van der Waals surface area contributed by atoms with Crippen molar-refractivity contribution in [2.24, 2.45) is 0 Å². The van der Waals surface area contributed by atoms with Crippen LogP contribution in [0.2, 0.25) is 0 Å². The molecule has 0 unspecified atom stereocenters. The van der Waals surface area contributed by atoms with Crippen LogP contribution in [-0.2, 0) is 0 Å². The Morgan fingerprint density at radius 3 is 2.44 bits per heavy atom. The summed E-state index contributed by atoms with van der Waals surface area (Å²) in [7, 11) is 0. The van der Waals surface area contributed by atoms with Crippen LogP contribution >= 0.6 is 0 Å². The van der Waals surface area contributed by atoms with E-state index >= 15 is 0 Å². The highest BCUT2D eigenvalue weighted by Gasteiger charge is 2.20. The van der Waals surface area contributed by atoms with Crippen LogP contribution in [0.15, 0.2) is 42.5 Å². The van der Waals surface area contributed by atoms with Gasteiger partial charge in [-0.15, -0.1) is 0 Å². The van der Waals surface area contributed by atoms with Crippen molar-refractivity contribution in [3.05, 3.63) is 53.8 Å². The van der Waals surface area contributed by atoms with Crippen LogP contribution in [0.25, 0.3) is 0 Å². The van der Waals surface area contributed by atoms with Gasteiger partial charge in [-0.1, -0.05) is 13.0 Å². The first kappa shape index (κ1) is 19.2. The van der Waals surface area contributed by atoms with Crippen molar-refractivity contribution in [3.63, 3.8) is 0 Å². The van der Waals surface area contributed by atoms with Crippen LogP contribution in [0, 0.1) is 5.82 Å². The van der Waals surface area contributed by atoms with E-state index in [4.69, 9.17) is 0 Å². The summed E-state index contributed by atoms with van der Waals surface area (Å²) in [5.74, 6) is -0.685. The van der Waals surface area contributed by atoms with Gasteiger partial charge in [0.25, 0.3) is 5.91 Å². The van der Waals surface area contributed by atoms with Crippen LogP contribution in [-0.4, -0.2) is 32.1 Å². The van der Waals surface area contributed by atoms with Crippen molar-refractivity contribution in [2.45, 2.75) is 33.1 Å². The van der Waals surface area contributed by atoms with E-state index in [1.807, 2.05) is 18.2 Å². The lowest BCUT2D eigenvalue weighted by Gasteiger charge is -2.23. The highest BCUT2D eigenvalue weighted by molar-refractivity contribution is 6.06. The Bertz CT molecular complexity index is 770. The third kappa shape index (κ3) is 4.41. The van der Waals surface area contributed by atoms with Crippen LogP contribution < -0.4 is 15.1 Å². The molecule has 0 aliphatic carbocycles. The quantitative estimate of drug-likeness (QED) is 0.753. The summed E-state index contributed by atoms with van der Waals surface area (Å²) in [6, 6.07) is 12.5. The van der Waals surface area contributed by atoms with Crippen molar-refractivity contribution < 1.29 is 9.18 Å². The molecule has 1 amide bonds. The fourth-order valence-corrected chi connectivity index (χ4v) is 3.61. The minimum absolute atomic E-state index is 0.273. The molecule has 0 atom stereocenters. The van der Waals surface area contributed by atoms with Gasteiger partial charge < -0.3 is 15.1 Å². The molecule has 1 aliphatic heterocycles. The van der Waals surface area contributed by atoms with Gasteiger partial charge in [-0.05, 0) is 62.6 Å². The maximum Gasteiger partial charge on any atom is 0.255 e. The first-order chi connectivity index (χ1) is 13.1. The molecule has 1 aliphatic rings. The number of nitrogens with one attached hydrogen (secondary N) is 1. The Morgan fingerprint density at radius 1 is 1.11 bits per heavy atom.